The average Bonchev–Trinajstić information content (AvgIpc) is 2.86. The topological polar surface area (TPSA) is 42.0 Å². The van der Waals surface area contributed by atoms with Gasteiger partial charge in [-0.3, -0.25) is 9.69 Å². The molecule has 1 amide bonds. The largest absolute Gasteiger partial charge is 0.497 e. The number of aryl methyl sites for hydroxylation is 1. The lowest BCUT2D eigenvalue weighted by molar-refractivity contribution is 0.0958. The van der Waals surface area contributed by atoms with Crippen molar-refractivity contribution >= 4 is 11.6 Å². The lowest BCUT2D eigenvalue weighted by atomic mass is 10.00. The molecule has 172 valence electrons. The molecule has 0 radical (unpaired) electrons. The van der Waals surface area contributed by atoms with E-state index >= 15 is 0 Å². The minimum atomic E-state index is 0.0498. The molecule has 1 fully saturated rings. The molecule has 0 aliphatic carbocycles. The molecule has 0 atom stereocenters. The summed E-state index contributed by atoms with van der Waals surface area (Å²) in [6.07, 6.45) is 1.86. The van der Waals surface area contributed by atoms with Crippen LogP contribution in [-0.2, 0) is 6.54 Å². The summed E-state index contributed by atoms with van der Waals surface area (Å²) in [5, 5.41) is 0. The van der Waals surface area contributed by atoms with Gasteiger partial charge in [0.2, 0.25) is 0 Å². The lowest BCUT2D eigenvalue weighted by Gasteiger charge is -2.38. The fraction of sp³-hybridized carbons (Fsp3) is 0.321. The van der Waals surface area contributed by atoms with Crippen molar-refractivity contribution in [2.45, 2.75) is 32.4 Å². The molecule has 0 aromatic heterocycles. The van der Waals surface area contributed by atoms with Crippen LogP contribution in [0.4, 0.5) is 5.69 Å². The zero-order chi connectivity index (χ0) is 23.2. The first-order valence-corrected chi connectivity index (χ1v) is 11.5. The number of amides is 1. The van der Waals surface area contributed by atoms with E-state index in [1.165, 1.54) is 5.56 Å². The first-order valence-electron chi connectivity index (χ1n) is 11.5. The summed E-state index contributed by atoms with van der Waals surface area (Å²) >= 11 is 0. The Bertz CT molecular complexity index is 1040. The van der Waals surface area contributed by atoms with Gasteiger partial charge >= 0.3 is 0 Å². The van der Waals surface area contributed by atoms with Crippen LogP contribution in [0.15, 0.2) is 72.8 Å². The van der Waals surface area contributed by atoms with Crippen LogP contribution < -0.4 is 14.4 Å². The number of methoxy groups -OCH3 is 2. The van der Waals surface area contributed by atoms with E-state index in [1.807, 2.05) is 72.5 Å². The zero-order valence-electron chi connectivity index (χ0n) is 19.7. The molecular weight excluding hydrogens is 412 g/mol. The fourth-order valence-corrected chi connectivity index (χ4v) is 4.40. The molecule has 0 N–H and O–H groups in total. The molecule has 4 rings (SSSR count). The van der Waals surface area contributed by atoms with Crippen LogP contribution in [0, 0.1) is 6.92 Å². The van der Waals surface area contributed by atoms with Gasteiger partial charge in [0.15, 0.2) is 0 Å². The Morgan fingerprint density at radius 1 is 0.848 bits per heavy atom. The van der Waals surface area contributed by atoms with Gasteiger partial charge in [-0.15, -0.1) is 0 Å². The highest BCUT2D eigenvalue weighted by atomic mass is 16.5. The first kappa shape index (κ1) is 22.9. The molecule has 1 saturated heterocycles. The third-order valence-corrected chi connectivity index (χ3v) is 6.36. The van der Waals surface area contributed by atoms with Gasteiger partial charge in [0.25, 0.3) is 5.91 Å². The van der Waals surface area contributed by atoms with Gasteiger partial charge in [-0.05, 0) is 73.9 Å². The summed E-state index contributed by atoms with van der Waals surface area (Å²) in [6.45, 7) is 4.84. The number of rotatable bonds is 7. The molecule has 1 heterocycles. The Hall–Kier alpha value is -3.31. The van der Waals surface area contributed by atoms with Crippen molar-refractivity contribution in [1.82, 2.24) is 4.90 Å². The van der Waals surface area contributed by atoms with Gasteiger partial charge in [-0.2, -0.15) is 0 Å². The second-order valence-electron chi connectivity index (χ2n) is 8.59. The smallest absolute Gasteiger partial charge is 0.258 e. The maximum atomic E-state index is 13.6. The molecule has 3 aromatic rings. The number of anilines is 1. The van der Waals surface area contributed by atoms with Gasteiger partial charge < -0.3 is 14.4 Å². The van der Waals surface area contributed by atoms with E-state index in [0.717, 1.165) is 60.8 Å². The monoisotopic (exact) mass is 444 g/mol. The van der Waals surface area contributed by atoms with E-state index in [9.17, 15) is 4.79 Å². The van der Waals surface area contributed by atoms with Gasteiger partial charge in [0.05, 0.1) is 14.2 Å². The number of benzene rings is 3. The summed E-state index contributed by atoms with van der Waals surface area (Å²) < 4.78 is 10.6. The molecule has 0 spiro atoms. The average molecular weight is 445 g/mol. The van der Waals surface area contributed by atoms with E-state index in [4.69, 9.17) is 9.47 Å². The van der Waals surface area contributed by atoms with Gasteiger partial charge in [-0.1, -0.05) is 29.8 Å². The number of carbonyl (C=O) groups is 1. The SMILES string of the molecule is COc1ccc(CN2CCC(N(C(=O)c3ccc(C)cc3)c3ccc(OC)cc3)CC2)cc1. The van der Waals surface area contributed by atoms with E-state index in [1.54, 1.807) is 14.2 Å². The molecule has 3 aromatic carbocycles. The first-order chi connectivity index (χ1) is 16.1. The lowest BCUT2D eigenvalue weighted by Crippen LogP contribution is -2.47. The fourth-order valence-electron chi connectivity index (χ4n) is 4.40. The third kappa shape index (κ3) is 5.55. The second-order valence-corrected chi connectivity index (χ2v) is 8.59. The number of likely N-dealkylation sites (tertiary alicyclic amines) is 1. The number of piperidine rings is 1. The van der Waals surface area contributed by atoms with Crippen LogP contribution in [0.25, 0.3) is 0 Å². The maximum absolute atomic E-state index is 13.6. The summed E-state index contributed by atoms with van der Waals surface area (Å²) in [7, 11) is 3.34. The predicted molar refractivity (Wildman–Crippen MR) is 132 cm³/mol. The van der Waals surface area contributed by atoms with Crippen LogP contribution in [0.3, 0.4) is 0 Å². The molecule has 0 unspecified atom stereocenters. The molecule has 0 saturated carbocycles. The zero-order valence-corrected chi connectivity index (χ0v) is 19.7. The minimum Gasteiger partial charge on any atom is -0.497 e. The second kappa shape index (κ2) is 10.5. The van der Waals surface area contributed by atoms with Crippen molar-refractivity contribution in [2.24, 2.45) is 0 Å². The van der Waals surface area contributed by atoms with Crippen LogP contribution >= 0.6 is 0 Å². The van der Waals surface area contributed by atoms with Crippen molar-refractivity contribution in [3.63, 3.8) is 0 Å². The maximum Gasteiger partial charge on any atom is 0.258 e. The summed E-state index contributed by atoms with van der Waals surface area (Å²) in [5.74, 6) is 1.71. The van der Waals surface area contributed by atoms with Crippen LogP contribution in [0.5, 0.6) is 11.5 Å². The molecule has 33 heavy (non-hydrogen) atoms. The summed E-state index contributed by atoms with van der Waals surface area (Å²) in [4.78, 5) is 18.1. The van der Waals surface area contributed by atoms with Crippen LogP contribution in [0.1, 0.15) is 34.3 Å². The molecule has 5 nitrogen and oxygen atoms in total. The van der Waals surface area contributed by atoms with Crippen LogP contribution in [-0.4, -0.2) is 44.2 Å². The van der Waals surface area contributed by atoms with Crippen molar-refractivity contribution < 1.29 is 14.3 Å². The Kier molecular flexibility index (Phi) is 7.30. The standard InChI is InChI=1S/C28H32N2O3/c1-21-4-8-23(9-5-21)28(31)30(24-10-14-27(33-3)15-11-24)25-16-18-29(19-17-25)20-22-6-12-26(32-2)13-7-22/h4-15,25H,16-20H2,1-3H3. The molecule has 0 bridgehead atoms. The number of hydrogen-bond acceptors (Lipinski definition) is 4. The minimum absolute atomic E-state index is 0.0498. The quantitative estimate of drug-likeness (QED) is 0.494. The van der Waals surface area contributed by atoms with Crippen molar-refractivity contribution in [3.8, 4) is 11.5 Å². The van der Waals surface area contributed by atoms with Gasteiger partial charge in [0.1, 0.15) is 11.5 Å². The number of nitrogens with zero attached hydrogens (tertiary/aromatic N) is 2. The van der Waals surface area contributed by atoms with E-state index < -0.39 is 0 Å². The molecular formula is C28H32N2O3. The van der Waals surface area contributed by atoms with Gasteiger partial charge in [-0.25, -0.2) is 0 Å². The number of carbonyl (C=O) groups excluding carboxylic acids is 1. The Balaban J connectivity index is 1.49. The highest BCUT2D eigenvalue weighted by Gasteiger charge is 2.30. The molecule has 5 heteroatoms. The van der Waals surface area contributed by atoms with Gasteiger partial charge in [0, 0.05) is 36.9 Å². The Morgan fingerprint density at radius 2 is 1.39 bits per heavy atom. The summed E-state index contributed by atoms with van der Waals surface area (Å²) in [5.41, 5.74) is 4.05. The Morgan fingerprint density at radius 3 is 1.94 bits per heavy atom. The van der Waals surface area contributed by atoms with Crippen molar-refractivity contribution in [3.05, 3.63) is 89.5 Å². The predicted octanol–water partition coefficient (Wildman–Crippen LogP) is 5.32. The number of ether oxygens (including phenoxy) is 2. The van der Waals surface area contributed by atoms with Crippen molar-refractivity contribution in [1.29, 1.82) is 0 Å². The third-order valence-electron chi connectivity index (χ3n) is 6.36. The highest BCUT2D eigenvalue weighted by molar-refractivity contribution is 6.06. The Labute approximate surface area is 196 Å². The van der Waals surface area contributed by atoms with Crippen LogP contribution in [0.2, 0.25) is 0 Å². The molecule has 1 aliphatic rings. The van der Waals surface area contributed by atoms with E-state index in [0.29, 0.717) is 0 Å². The van der Waals surface area contributed by atoms with E-state index in [-0.39, 0.29) is 11.9 Å². The number of hydrogen-bond donors (Lipinski definition) is 0. The van der Waals surface area contributed by atoms with E-state index in [2.05, 4.69) is 17.0 Å². The summed E-state index contributed by atoms with van der Waals surface area (Å²) in [6, 6.07) is 24.1. The molecule has 1 aliphatic heterocycles. The van der Waals surface area contributed by atoms with Crippen molar-refractivity contribution in [2.75, 3.05) is 32.2 Å². The highest BCUT2D eigenvalue weighted by Crippen LogP contribution is 2.28. The normalized spacial score (nSPS) is 14.6.